The van der Waals surface area contributed by atoms with Gasteiger partial charge in [0.2, 0.25) is 0 Å². The summed E-state index contributed by atoms with van der Waals surface area (Å²) in [6.07, 6.45) is 0. The zero-order chi connectivity index (χ0) is 34.1. The fraction of sp³-hybridized carbons (Fsp3) is 0.0417. The second kappa shape index (κ2) is 11.7. The van der Waals surface area contributed by atoms with Crippen LogP contribution in [-0.4, -0.2) is 8.07 Å². The molecule has 0 bridgehead atoms. The smallest absolute Gasteiger partial charge is 0.114 e. The number of thiophene rings is 1. The van der Waals surface area contributed by atoms with Crippen molar-refractivity contribution in [3.8, 4) is 33.4 Å². The van der Waals surface area contributed by atoms with Crippen LogP contribution in [0.1, 0.15) is 0 Å². The highest BCUT2D eigenvalue weighted by molar-refractivity contribution is 7.26. The predicted octanol–water partition coefficient (Wildman–Crippen LogP) is 12.8. The molecule has 2 heterocycles. The molecule has 9 aromatic rings. The molecular formula is C48H35NSSi. The molecule has 0 amide bonds. The molecule has 1 aromatic heterocycles. The van der Waals surface area contributed by atoms with Crippen LogP contribution in [0.4, 0.5) is 17.1 Å². The van der Waals surface area contributed by atoms with Crippen LogP contribution >= 0.6 is 11.3 Å². The summed E-state index contributed by atoms with van der Waals surface area (Å²) in [6.45, 7) is 5.06. The van der Waals surface area contributed by atoms with Crippen molar-refractivity contribution in [2.45, 2.75) is 13.1 Å². The molecule has 3 heteroatoms. The number of rotatable bonds is 5. The lowest BCUT2D eigenvalue weighted by atomic mass is 9.97. The van der Waals surface area contributed by atoms with Crippen molar-refractivity contribution in [3.63, 3.8) is 0 Å². The predicted molar refractivity (Wildman–Crippen MR) is 225 cm³/mol. The zero-order valence-electron chi connectivity index (χ0n) is 28.6. The van der Waals surface area contributed by atoms with Gasteiger partial charge < -0.3 is 4.90 Å². The molecule has 0 aliphatic carbocycles. The first kappa shape index (κ1) is 30.1. The van der Waals surface area contributed by atoms with E-state index < -0.39 is 8.07 Å². The van der Waals surface area contributed by atoms with Gasteiger partial charge in [0.15, 0.2) is 0 Å². The average Bonchev–Trinajstić information content (AvgIpc) is 3.67. The van der Waals surface area contributed by atoms with Crippen LogP contribution in [0.3, 0.4) is 0 Å². The molecule has 0 saturated heterocycles. The Hall–Kier alpha value is -5.74. The highest BCUT2D eigenvalue weighted by Gasteiger charge is 2.39. The number of benzene rings is 8. The Bertz CT molecular complexity index is 2790. The summed E-state index contributed by atoms with van der Waals surface area (Å²) in [6, 6.07) is 65.0. The minimum atomic E-state index is -2.02. The Morgan fingerprint density at radius 2 is 1.14 bits per heavy atom. The van der Waals surface area contributed by atoms with Gasteiger partial charge in [0, 0.05) is 37.1 Å². The lowest BCUT2D eigenvalue weighted by molar-refractivity contribution is 1.29. The van der Waals surface area contributed by atoms with Gasteiger partial charge in [-0.05, 0) is 85.4 Å². The lowest BCUT2D eigenvalue weighted by Gasteiger charge is -2.30. The zero-order valence-corrected chi connectivity index (χ0v) is 30.4. The van der Waals surface area contributed by atoms with Gasteiger partial charge in [-0.25, -0.2) is 0 Å². The molecule has 0 atom stereocenters. The van der Waals surface area contributed by atoms with Crippen molar-refractivity contribution in [2.24, 2.45) is 0 Å². The molecular weight excluding hydrogens is 651 g/mol. The third-order valence-electron chi connectivity index (χ3n) is 10.9. The van der Waals surface area contributed by atoms with Crippen LogP contribution < -0.4 is 15.3 Å². The summed E-state index contributed by atoms with van der Waals surface area (Å²) in [5.74, 6) is 0. The van der Waals surface area contributed by atoms with Crippen LogP contribution in [0.5, 0.6) is 0 Å². The monoisotopic (exact) mass is 685 g/mol. The van der Waals surface area contributed by atoms with Crippen molar-refractivity contribution in [3.05, 3.63) is 176 Å². The number of hydrogen-bond acceptors (Lipinski definition) is 2. The van der Waals surface area contributed by atoms with Crippen molar-refractivity contribution in [2.75, 3.05) is 4.90 Å². The second-order valence-corrected chi connectivity index (χ2v) is 19.5. The largest absolute Gasteiger partial charge is 0.310 e. The number of para-hydroxylation sites is 1. The summed E-state index contributed by atoms with van der Waals surface area (Å²) in [7, 11) is -2.02. The molecule has 1 aliphatic heterocycles. The van der Waals surface area contributed by atoms with E-state index in [1.807, 2.05) is 11.3 Å². The first-order chi connectivity index (χ1) is 25.1. The van der Waals surface area contributed by atoms with Crippen LogP contribution in [-0.2, 0) is 0 Å². The third-order valence-corrected chi connectivity index (χ3v) is 15.6. The van der Waals surface area contributed by atoms with Crippen molar-refractivity contribution in [1.82, 2.24) is 0 Å². The van der Waals surface area contributed by atoms with Crippen molar-refractivity contribution < 1.29 is 0 Å². The van der Waals surface area contributed by atoms with Gasteiger partial charge in [0.05, 0.1) is 5.69 Å². The molecule has 0 spiro atoms. The van der Waals surface area contributed by atoms with E-state index in [1.54, 1.807) is 5.19 Å². The van der Waals surface area contributed by atoms with E-state index in [0.29, 0.717) is 0 Å². The maximum atomic E-state index is 2.53. The second-order valence-electron chi connectivity index (χ2n) is 14.1. The van der Waals surface area contributed by atoms with E-state index in [9.17, 15) is 0 Å². The highest BCUT2D eigenvalue weighted by atomic mass is 32.1. The van der Waals surface area contributed by atoms with Gasteiger partial charge in [0.1, 0.15) is 8.07 Å². The van der Waals surface area contributed by atoms with Gasteiger partial charge in [-0.15, -0.1) is 11.3 Å². The van der Waals surface area contributed by atoms with Gasteiger partial charge in [-0.2, -0.15) is 0 Å². The molecule has 8 aromatic carbocycles. The molecule has 1 nitrogen and oxygen atoms in total. The number of hydrogen-bond donors (Lipinski definition) is 0. The van der Waals surface area contributed by atoms with Crippen LogP contribution in [0.2, 0.25) is 13.1 Å². The summed E-state index contributed by atoms with van der Waals surface area (Å²) >= 11 is 1.95. The minimum absolute atomic E-state index is 1.14. The lowest BCUT2D eigenvalue weighted by Crippen LogP contribution is -2.49. The highest BCUT2D eigenvalue weighted by Crippen LogP contribution is 2.46. The Labute approximate surface area is 303 Å². The summed E-state index contributed by atoms with van der Waals surface area (Å²) in [5.41, 5.74) is 11.2. The van der Waals surface area contributed by atoms with E-state index in [0.717, 1.165) is 5.69 Å². The van der Waals surface area contributed by atoms with Crippen LogP contribution in [0.25, 0.3) is 64.3 Å². The fourth-order valence-corrected chi connectivity index (χ4v) is 12.8. The Balaban J connectivity index is 1.20. The van der Waals surface area contributed by atoms with Crippen LogP contribution in [0, 0.1) is 0 Å². The number of nitrogens with zero attached hydrogens (tertiary/aromatic N) is 1. The maximum absolute atomic E-state index is 2.53. The number of fused-ring (bicyclic) bond motifs is 8. The Kier molecular flexibility index (Phi) is 6.89. The van der Waals surface area contributed by atoms with E-state index in [-0.39, 0.29) is 0 Å². The molecule has 0 saturated carbocycles. The minimum Gasteiger partial charge on any atom is -0.310 e. The maximum Gasteiger partial charge on any atom is 0.114 e. The van der Waals surface area contributed by atoms with Crippen molar-refractivity contribution >= 4 is 77.8 Å². The number of anilines is 3. The normalized spacial score (nSPS) is 13.1. The summed E-state index contributed by atoms with van der Waals surface area (Å²) in [4.78, 5) is 2.49. The molecule has 0 radical (unpaired) electrons. The fourth-order valence-electron chi connectivity index (χ4n) is 8.38. The molecule has 1 aliphatic rings. The standard InChI is InChI=1S/C48H35NSSi/c1-51(2)45-29-28-41-40-22-9-11-25-44(40)50-48(41)47(45)42-27-26-36(31-46(42)51)49(43-24-10-8-21-39(43)33-14-4-3-5-15-33)35-19-12-18-34(30-35)38-23-13-17-32-16-6-7-20-37(32)38/h3-31H,1-2H3. The van der Waals surface area contributed by atoms with Gasteiger partial charge in [0.25, 0.3) is 0 Å². The molecule has 51 heavy (non-hydrogen) atoms. The first-order valence-corrected chi connectivity index (χ1v) is 21.5. The summed E-state index contributed by atoms with van der Waals surface area (Å²) in [5, 5.41) is 8.31. The van der Waals surface area contributed by atoms with Crippen LogP contribution in [0.15, 0.2) is 176 Å². The Morgan fingerprint density at radius 1 is 0.451 bits per heavy atom. The van der Waals surface area contributed by atoms with Gasteiger partial charge >= 0.3 is 0 Å². The van der Waals surface area contributed by atoms with Gasteiger partial charge in [-0.3, -0.25) is 0 Å². The molecule has 242 valence electrons. The van der Waals surface area contributed by atoms with E-state index in [1.165, 1.54) is 80.9 Å². The average molecular weight is 686 g/mol. The van der Waals surface area contributed by atoms with Crippen molar-refractivity contribution in [1.29, 1.82) is 0 Å². The summed E-state index contributed by atoms with van der Waals surface area (Å²) < 4.78 is 2.79. The SMILES string of the molecule is C[Si]1(C)c2cc(N(c3cccc(-c4cccc5ccccc45)c3)c3ccccc3-c3ccccc3)ccc2-c2c1ccc1c2sc2ccccc21. The van der Waals surface area contributed by atoms with Gasteiger partial charge in [-0.1, -0.05) is 153 Å². The topological polar surface area (TPSA) is 3.24 Å². The Morgan fingerprint density at radius 3 is 2.04 bits per heavy atom. The molecule has 0 fully saturated rings. The van der Waals surface area contributed by atoms with E-state index >= 15 is 0 Å². The quantitative estimate of drug-likeness (QED) is 0.163. The first-order valence-electron chi connectivity index (χ1n) is 17.7. The van der Waals surface area contributed by atoms with E-state index in [4.69, 9.17) is 0 Å². The molecule has 0 N–H and O–H groups in total. The van der Waals surface area contributed by atoms with E-state index in [2.05, 4.69) is 194 Å². The third kappa shape index (κ3) is 4.73. The molecule has 10 rings (SSSR count). The molecule has 0 unspecified atom stereocenters.